The van der Waals surface area contributed by atoms with E-state index in [1.54, 1.807) is 6.07 Å². The fraction of sp³-hybridized carbons (Fsp3) is 0. The molecule has 0 saturated carbocycles. The lowest BCUT2D eigenvalue weighted by Gasteiger charge is -2.11. The molecule has 0 radical (unpaired) electrons. The van der Waals surface area contributed by atoms with E-state index in [0.29, 0.717) is 9.26 Å². The Morgan fingerprint density at radius 1 is 1.06 bits per heavy atom. The highest BCUT2D eigenvalue weighted by molar-refractivity contribution is 14.1. The Kier molecular flexibility index (Phi) is 4.08. The van der Waals surface area contributed by atoms with E-state index in [1.165, 1.54) is 6.07 Å². The van der Waals surface area contributed by atoms with Crippen molar-refractivity contribution in [3.05, 3.63) is 49.4 Å². The summed E-state index contributed by atoms with van der Waals surface area (Å²) in [6, 6.07) is 10.5. The first-order valence-electron chi connectivity index (χ1n) is 4.84. The Morgan fingerprint density at radius 3 is 2.53 bits per heavy atom. The minimum absolute atomic E-state index is 0.221. The Bertz CT molecular complexity index is 558. The number of anilines is 3. The van der Waals surface area contributed by atoms with E-state index in [4.69, 9.17) is 5.73 Å². The average molecular weight is 454 g/mol. The fourth-order valence-corrected chi connectivity index (χ4v) is 2.55. The van der Waals surface area contributed by atoms with Crippen LogP contribution in [0.2, 0.25) is 0 Å². The molecule has 0 aliphatic heterocycles. The number of rotatable bonds is 2. The third kappa shape index (κ3) is 3.01. The molecule has 5 heteroatoms. The van der Waals surface area contributed by atoms with Crippen molar-refractivity contribution in [3.63, 3.8) is 0 Å². The second-order valence-electron chi connectivity index (χ2n) is 3.47. The molecular weight excluding hydrogens is 445 g/mol. The molecule has 2 nitrogen and oxygen atoms in total. The Labute approximate surface area is 126 Å². The molecule has 0 unspecified atom stereocenters. The molecule has 3 N–H and O–H groups in total. The average Bonchev–Trinajstić information content (AvgIpc) is 2.28. The van der Waals surface area contributed by atoms with Crippen molar-refractivity contribution in [3.8, 4) is 0 Å². The van der Waals surface area contributed by atoms with E-state index in [1.807, 2.05) is 46.9 Å². The summed E-state index contributed by atoms with van der Waals surface area (Å²) in [5.41, 5.74) is 8.07. The van der Waals surface area contributed by atoms with Crippen LogP contribution in [0.25, 0.3) is 0 Å². The Morgan fingerprint density at radius 2 is 1.82 bits per heavy atom. The van der Waals surface area contributed by atoms with Crippen LogP contribution in [-0.2, 0) is 0 Å². The van der Waals surface area contributed by atoms with Gasteiger partial charge in [-0.05, 0) is 75.5 Å². The van der Waals surface area contributed by atoms with Gasteiger partial charge in [0.1, 0.15) is 5.82 Å². The maximum Gasteiger partial charge on any atom is 0.138 e. The summed E-state index contributed by atoms with van der Waals surface area (Å²) >= 11 is 4.18. The molecule has 0 saturated heterocycles. The molecule has 0 atom stereocenters. The maximum absolute atomic E-state index is 13.4. The Hall–Kier alpha value is -0.570. The summed E-state index contributed by atoms with van der Waals surface area (Å²) in [6.07, 6.45) is 0. The molecule has 0 aromatic heterocycles. The van der Waals surface area contributed by atoms with Crippen molar-refractivity contribution >= 4 is 62.2 Å². The zero-order valence-corrected chi connectivity index (χ0v) is 13.0. The van der Waals surface area contributed by atoms with Crippen molar-refractivity contribution in [1.29, 1.82) is 0 Å². The predicted molar refractivity (Wildman–Crippen MR) is 86.0 cm³/mol. The molecular formula is C12H9FI2N2. The number of halogens is 3. The highest BCUT2D eigenvalue weighted by Gasteiger charge is 2.06. The molecule has 0 amide bonds. The van der Waals surface area contributed by atoms with Crippen LogP contribution < -0.4 is 11.1 Å². The van der Waals surface area contributed by atoms with Gasteiger partial charge in [0.15, 0.2) is 0 Å². The van der Waals surface area contributed by atoms with Crippen LogP contribution in [0.5, 0.6) is 0 Å². The molecule has 0 aliphatic rings. The molecule has 88 valence electrons. The highest BCUT2D eigenvalue weighted by Crippen LogP contribution is 2.28. The molecule has 0 heterocycles. The van der Waals surface area contributed by atoms with Gasteiger partial charge in [-0.15, -0.1) is 0 Å². The van der Waals surface area contributed by atoms with Gasteiger partial charge in [0.05, 0.1) is 14.9 Å². The van der Waals surface area contributed by atoms with Crippen LogP contribution in [0.1, 0.15) is 0 Å². The lowest BCUT2D eigenvalue weighted by molar-refractivity contribution is 0.621. The van der Waals surface area contributed by atoms with Gasteiger partial charge in [-0.3, -0.25) is 0 Å². The van der Waals surface area contributed by atoms with E-state index < -0.39 is 0 Å². The highest BCUT2D eigenvalue weighted by atomic mass is 127. The number of hydrogen-bond donors (Lipinski definition) is 2. The quantitative estimate of drug-likeness (QED) is 0.523. The number of nitrogens with one attached hydrogen (secondary N) is 1. The second kappa shape index (κ2) is 5.38. The monoisotopic (exact) mass is 454 g/mol. The summed E-state index contributed by atoms with van der Waals surface area (Å²) < 4.78 is 15.0. The van der Waals surface area contributed by atoms with Crippen LogP contribution >= 0.6 is 45.2 Å². The van der Waals surface area contributed by atoms with E-state index in [-0.39, 0.29) is 5.82 Å². The number of nitrogens with two attached hydrogens (primary N) is 1. The third-order valence-electron chi connectivity index (χ3n) is 2.21. The first-order valence-corrected chi connectivity index (χ1v) is 7.00. The van der Waals surface area contributed by atoms with Crippen molar-refractivity contribution in [1.82, 2.24) is 0 Å². The van der Waals surface area contributed by atoms with Gasteiger partial charge in [0.25, 0.3) is 0 Å². The van der Waals surface area contributed by atoms with Crippen LogP contribution in [0.15, 0.2) is 36.4 Å². The zero-order valence-electron chi connectivity index (χ0n) is 8.68. The van der Waals surface area contributed by atoms with Crippen LogP contribution in [0, 0.1) is 13.0 Å². The predicted octanol–water partition coefficient (Wildman–Crippen LogP) is 4.36. The molecule has 17 heavy (non-hydrogen) atoms. The van der Waals surface area contributed by atoms with E-state index in [9.17, 15) is 4.39 Å². The van der Waals surface area contributed by atoms with Gasteiger partial charge in [0.2, 0.25) is 0 Å². The second-order valence-corrected chi connectivity index (χ2v) is 5.71. The van der Waals surface area contributed by atoms with Crippen LogP contribution in [-0.4, -0.2) is 0 Å². The summed E-state index contributed by atoms with van der Waals surface area (Å²) in [5.74, 6) is -0.221. The van der Waals surface area contributed by atoms with Crippen molar-refractivity contribution in [2.75, 3.05) is 11.1 Å². The lowest BCUT2D eigenvalue weighted by atomic mass is 10.2. The normalized spacial score (nSPS) is 10.3. The summed E-state index contributed by atoms with van der Waals surface area (Å²) in [4.78, 5) is 0. The van der Waals surface area contributed by atoms with Crippen molar-refractivity contribution < 1.29 is 4.39 Å². The molecule has 0 spiro atoms. The molecule has 2 aromatic rings. The number of hydrogen-bond acceptors (Lipinski definition) is 2. The van der Waals surface area contributed by atoms with Crippen molar-refractivity contribution in [2.45, 2.75) is 0 Å². The smallest absolute Gasteiger partial charge is 0.138 e. The van der Waals surface area contributed by atoms with Gasteiger partial charge < -0.3 is 11.1 Å². The third-order valence-corrected chi connectivity index (χ3v) is 4.20. The summed E-state index contributed by atoms with van der Waals surface area (Å²) in [5, 5.41) is 3.20. The zero-order chi connectivity index (χ0) is 12.4. The minimum atomic E-state index is -0.221. The standard InChI is InChI=1S/C12H9FI2N2/c13-8-2-1-3-11(12(8)15)17-10-5-4-7(16)6-9(10)14/h1-6,17H,16H2. The molecule has 0 aliphatic carbocycles. The van der Waals surface area contributed by atoms with E-state index in [0.717, 1.165) is 14.9 Å². The Balaban J connectivity index is 2.35. The molecule has 2 rings (SSSR count). The summed E-state index contributed by atoms with van der Waals surface area (Å²) in [6.45, 7) is 0. The molecule has 0 fully saturated rings. The van der Waals surface area contributed by atoms with E-state index in [2.05, 4.69) is 27.9 Å². The first kappa shape index (κ1) is 12.9. The van der Waals surface area contributed by atoms with Gasteiger partial charge in [0, 0.05) is 9.26 Å². The number of benzene rings is 2. The van der Waals surface area contributed by atoms with Gasteiger partial charge in [-0.1, -0.05) is 6.07 Å². The topological polar surface area (TPSA) is 38.0 Å². The SMILES string of the molecule is Nc1ccc(Nc2cccc(F)c2I)c(I)c1. The lowest BCUT2D eigenvalue weighted by Crippen LogP contribution is -1.97. The molecule has 2 aromatic carbocycles. The van der Waals surface area contributed by atoms with Crippen molar-refractivity contribution in [2.24, 2.45) is 0 Å². The van der Waals surface area contributed by atoms with Gasteiger partial charge >= 0.3 is 0 Å². The largest absolute Gasteiger partial charge is 0.399 e. The maximum atomic E-state index is 13.4. The fourth-order valence-electron chi connectivity index (χ4n) is 1.38. The van der Waals surface area contributed by atoms with Crippen LogP contribution in [0.3, 0.4) is 0 Å². The minimum Gasteiger partial charge on any atom is -0.399 e. The number of nitrogen functional groups attached to an aromatic ring is 1. The first-order chi connectivity index (χ1) is 8.08. The molecule has 0 bridgehead atoms. The summed E-state index contributed by atoms with van der Waals surface area (Å²) in [7, 11) is 0. The van der Waals surface area contributed by atoms with Crippen LogP contribution in [0.4, 0.5) is 21.5 Å². The van der Waals surface area contributed by atoms with E-state index >= 15 is 0 Å². The van der Waals surface area contributed by atoms with Gasteiger partial charge in [-0.25, -0.2) is 4.39 Å². The van der Waals surface area contributed by atoms with Gasteiger partial charge in [-0.2, -0.15) is 0 Å².